The molecule has 1 unspecified atom stereocenters. The smallest absolute Gasteiger partial charge is 0.224 e. The zero-order chi connectivity index (χ0) is 19.5. The van der Waals surface area contributed by atoms with Gasteiger partial charge in [-0.05, 0) is 23.7 Å². The molecule has 0 spiro atoms. The molecular formula is C19H19ClFN5O2. The van der Waals surface area contributed by atoms with Crippen LogP contribution in [0, 0.1) is 5.82 Å². The molecule has 0 radical (unpaired) electrons. The number of hydrogen-bond donors (Lipinski definition) is 1. The summed E-state index contributed by atoms with van der Waals surface area (Å²) >= 11 is 6.13. The molecule has 1 aliphatic heterocycles. The lowest BCUT2D eigenvalue weighted by Crippen LogP contribution is -2.53. The maximum Gasteiger partial charge on any atom is 0.224 e. The topological polar surface area (TPSA) is 72.4 Å². The van der Waals surface area contributed by atoms with Gasteiger partial charge >= 0.3 is 0 Å². The van der Waals surface area contributed by atoms with Crippen LogP contribution in [0.15, 0.2) is 36.7 Å². The molecule has 4 rings (SSSR count). The van der Waals surface area contributed by atoms with Crippen molar-refractivity contribution >= 4 is 28.3 Å². The van der Waals surface area contributed by atoms with Crippen molar-refractivity contribution in [2.24, 2.45) is 0 Å². The Bertz CT molecular complexity index is 990. The number of ether oxygens (including phenoxy) is 2. The fourth-order valence-electron chi connectivity index (χ4n) is 3.27. The number of fused-ring (bicyclic) bond motifs is 1. The van der Waals surface area contributed by atoms with Gasteiger partial charge in [0.25, 0.3) is 0 Å². The molecular weight excluding hydrogens is 385 g/mol. The van der Waals surface area contributed by atoms with E-state index in [2.05, 4.69) is 25.2 Å². The summed E-state index contributed by atoms with van der Waals surface area (Å²) in [6.45, 7) is 2.39. The third-order valence-corrected chi connectivity index (χ3v) is 4.75. The van der Waals surface area contributed by atoms with E-state index in [1.165, 1.54) is 6.07 Å². The number of nitrogens with one attached hydrogen (secondary N) is 1. The molecule has 3 heterocycles. The first-order valence-corrected chi connectivity index (χ1v) is 9.24. The Morgan fingerprint density at radius 3 is 2.93 bits per heavy atom. The van der Waals surface area contributed by atoms with Gasteiger partial charge in [-0.15, -0.1) is 0 Å². The average Bonchev–Trinajstić information content (AvgIpc) is 2.72. The van der Waals surface area contributed by atoms with Crippen LogP contribution < -0.4 is 19.7 Å². The highest BCUT2D eigenvalue weighted by Gasteiger charge is 2.25. The number of aromatic nitrogens is 3. The van der Waals surface area contributed by atoms with Crippen LogP contribution in [0.4, 0.5) is 10.2 Å². The van der Waals surface area contributed by atoms with E-state index in [0.29, 0.717) is 30.2 Å². The van der Waals surface area contributed by atoms with Crippen molar-refractivity contribution < 1.29 is 13.9 Å². The van der Waals surface area contributed by atoms with E-state index in [-0.39, 0.29) is 22.9 Å². The fraction of sp³-hybridized carbons (Fsp3) is 0.316. The van der Waals surface area contributed by atoms with Crippen molar-refractivity contribution in [1.29, 1.82) is 0 Å². The molecule has 0 aliphatic carbocycles. The molecule has 7 nitrogen and oxygen atoms in total. The monoisotopic (exact) mass is 403 g/mol. The lowest BCUT2D eigenvalue weighted by atomic mass is 10.2. The number of benzene rings is 1. The molecule has 3 aromatic rings. The molecule has 1 fully saturated rings. The van der Waals surface area contributed by atoms with Gasteiger partial charge in [-0.2, -0.15) is 4.98 Å². The van der Waals surface area contributed by atoms with Crippen molar-refractivity contribution in [3.8, 4) is 11.5 Å². The zero-order valence-electron chi connectivity index (χ0n) is 15.2. The van der Waals surface area contributed by atoms with E-state index < -0.39 is 0 Å². The highest BCUT2D eigenvalue weighted by atomic mass is 35.5. The minimum Gasteiger partial charge on any atom is -0.494 e. The van der Waals surface area contributed by atoms with Gasteiger partial charge in [0.1, 0.15) is 18.2 Å². The molecule has 28 heavy (non-hydrogen) atoms. The third-order valence-electron chi connectivity index (χ3n) is 4.58. The summed E-state index contributed by atoms with van der Waals surface area (Å²) in [6, 6.07) is 6.37. The van der Waals surface area contributed by atoms with Crippen LogP contribution in [-0.2, 0) is 0 Å². The molecule has 9 heteroatoms. The summed E-state index contributed by atoms with van der Waals surface area (Å²) in [4.78, 5) is 14.9. The average molecular weight is 404 g/mol. The van der Waals surface area contributed by atoms with Crippen LogP contribution in [0.2, 0.25) is 5.28 Å². The maximum atomic E-state index is 13.8. The summed E-state index contributed by atoms with van der Waals surface area (Å²) in [5.74, 6) is 1.14. The van der Waals surface area contributed by atoms with E-state index in [0.717, 1.165) is 18.5 Å². The van der Waals surface area contributed by atoms with Gasteiger partial charge in [0.2, 0.25) is 5.28 Å². The van der Waals surface area contributed by atoms with Crippen molar-refractivity contribution in [3.05, 3.63) is 47.8 Å². The Morgan fingerprint density at radius 1 is 1.25 bits per heavy atom. The van der Waals surface area contributed by atoms with Crippen molar-refractivity contribution in [2.75, 3.05) is 38.3 Å². The second-order valence-electron chi connectivity index (χ2n) is 6.39. The molecule has 0 bridgehead atoms. The van der Waals surface area contributed by atoms with Crippen molar-refractivity contribution in [3.63, 3.8) is 0 Å². The number of nitrogens with zero attached hydrogens (tertiary/aromatic N) is 4. The standard InChI is InChI=1S/C19H19ClFN5O2/c1-27-16-9-22-8-14-17(16)18(25-19(20)24-14)26-7-6-23-12(10-26)11-28-15-5-3-2-4-13(15)21/h2-5,8-9,12,23H,6-7,10-11H2,1H3. The number of halogens is 2. The second-order valence-corrected chi connectivity index (χ2v) is 6.73. The Labute approximate surface area is 166 Å². The van der Waals surface area contributed by atoms with Gasteiger partial charge in [-0.1, -0.05) is 12.1 Å². The molecule has 1 saturated heterocycles. The molecule has 1 aromatic carbocycles. The number of anilines is 1. The van der Waals surface area contributed by atoms with E-state index in [9.17, 15) is 4.39 Å². The Kier molecular flexibility index (Phi) is 5.40. The van der Waals surface area contributed by atoms with Crippen LogP contribution in [-0.4, -0.2) is 54.3 Å². The zero-order valence-corrected chi connectivity index (χ0v) is 16.0. The summed E-state index contributed by atoms with van der Waals surface area (Å²) in [7, 11) is 1.58. The Balaban J connectivity index is 1.57. The molecule has 146 valence electrons. The molecule has 0 saturated carbocycles. The van der Waals surface area contributed by atoms with Crippen molar-refractivity contribution in [2.45, 2.75) is 6.04 Å². The quantitative estimate of drug-likeness (QED) is 0.656. The van der Waals surface area contributed by atoms with E-state index in [1.807, 2.05) is 0 Å². The minimum absolute atomic E-state index is 0.00928. The minimum atomic E-state index is -0.374. The van der Waals surface area contributed by atoms with Gasteiger partial charge in [0.15, 0.2) is 11.6 Å². The SMILES string of the molecule is COc1cncc2nc(Cl)nc(N3CCNC(COc4ccccc4F)C3)c12. The predicted octanol–water partition coefficient (Wildman–Crippen LogP) is 2.68. The van der Waals surface area contributed by atoms with Crippen LogP contribution in [0.25, 0.3) is 10.9 Å². The Hall–Kier alpha value is -2.71. The van der Waals surface area contributed by atoms with Crippen LogP contribution in [0.1, 0.15) is 0 Å². The van der Waals surface area contributed by atoms with Gasteiger partial charge in [-0.3, -0.25) is 4.98 Å². The van der Waals surface area contributed by atoms with Crippen LogP contribution in [0.3, 0.4) is 0 Å². The normalized spacial score (nSPS) is 17.0. The summed E-state index contributed by atoms with van der Waals surface area (Å²) in [5, 5.41) is 4.30. The summed E-state index contributed by atoms with van der Waals surface area (Å²) in [5.41, 5.74) is 0.618. The number of pyridine rings is 1. The van der Waals surface area contributed by atoms with E-state index >= 15 is 0 Å². The van der Waals surface area contributed by atoms with Crippen LogP contribution >= 0.6 is 11.6 Å². The number of rotatable bonds is 5. The third kappa shape index (κ3) is 3.79. The molecule has 1 atom stereocenters. The lowest BCUT2D eigenvalue weighted by molar-refractivity contribution is 0.246. The first-order valence-electron chi connectivity index (χ1n) is 8.86. The molecule has 0 amide bonds. The van der Waals surface area contributed by atoms with Gasteiger partial charge in [-0.25, -0.2) is 9.37 Å². The van der Waals surface area contributed by atoms with Gasteiger partial charge < -0.3 is 19.7 Å². The van der Waals surface area contributed by atoms with Gasteiger partial charge in [0, 0.05) is 19.6 Å². The number of hydrogen-bond acceptors (Lipinski definition) is 7. The number of piperazine rings is 1. The number of methoxy groups -OCH3 is 1. The van der Waals surface area contributed by atoms with Crippen molar-refractivity contribution in [1.82, 2.24) is 20.3 Å². The first kappa shape index (κ1) is 18.6. The molecule has 1 aliphatic rings. The van der Waals surface area contributed by atoms with Gasteiger partial charge in [0.05, 0.1) is 36.4 Å². The van der Waals surface area contributed by atoms with Crippen LogP contribution in [0.5, 0.6) is 11.5 Å². The van der Waals surface area contributed by atoms with E-state index in [4.69, 9.17) is 21.1 Å². The molecule has 2 aromatic heterocycles. The maximum absolute atomic E-state index is 13.8. The number of para-hydroxylation sites is 1. The second kappa shape index (κ2) is 8.12. The highest BCUT2D eigenvalue weighted by molar-refractivity contribution is 6.29. The predicted molar refractivity (Wildman–Crippen MR) is 105 cm³/mol. The largest absolute Gasteiger partial charge is 0.494 e. The van der Waals surface area contributed by atoms with E-state index in [1.54, 1.807) is 37.7 Å². The lowest BCUT2D eigenvalue weighted by Gasteiger charge is -2.35. The summed E-state index contributed by atoms with van der Waals surface area (Å²) < 4.78 is 24.9. The molecule has 1 N–H and O–H groups in total. The summed E-state index contributed by atoms with van der Waals surface area (Å²) in [6.07, 6.45) is 3.26. The Morgan fingerprint density at radius 2 is 2.11 bits per heavy atom. The highest BCUT2D eigenvalue weighted by Crippen LogP contribution is 2.32. The fourth-order valence-corrected chi connectivity index (χ4v) is 3.44. The first-order chi connectivity index (χ1) is 13.7.